The fraction of sp³-hybridized carbons (Fsp3) is 0.467. The zero-order chi connectivity index (χ0) is 16.0. The Balaban J connectivity index is 0.00000169. The highest BCUT2D eigenvalue weighted by molar-refractivity contribution is 5.95. The van der Waals surface area contributed by atoms with Crippen LogP contribution in [-0.4, -0.2) is 38.9 Å². The van der Waals surface area contributed by atoms with Crippen molar-refractivity contribution in [2.45, 2.75) is 25.2 Å². The van der Waals surface area contributed by atoms with Gasteiger partial charge in [-0.05, 0) is 49.8 Å². The Labute approximate surface area is 145 Å². The molecule has 0 bridgehead atoms. The minimum Gasteiger partial charge on any atom is -0.364 e. The number of nitrogens with zero attached hydrogens (tertiary/aromatic N) is 4. The number of halogens is 1. The van der Waals surface area contributed by atoms with Gasteiger partial charge >= 0.3 is 0 Å². The Bertz CT molecular complexity index is 769. The van der Waals surface area contributed by atoms with Gasteiger partial charge in [0.15, 0.2) is 5.69 Å². The van der Waals surface area contributed by atoms with Gasteiger partial charge in [-0.3, -0.25) is 4.79 Å². The SMILES string of the molecule is Cl.NC(=O)c1nn(N)c2c1C(C1CCNCC1)Cc1cncnc1-2. The van der Waals surface area contributed by atoms with Crippen LogP contribution in [0.3, 0.4) is 0 Å². The third-order valence-electron chi connectivity index (χ3n) is 4.96. The zero-order valence-corrected chi connectivity index (χ0v) is 13.9. The number of hydrogen-bond donors (Lipinski definition) is 3. The standard InChI is InChI=1S/C15H19N7O.ClH/c16-15(23)13-11-10(8-1-3-18-4-2-8)5-9-6-19-7-20-12(9)14(11)22(17)21-13;/h6-8,10,18H,1-5,17H2,(H2,16,23);1H. The molecule has 2 aromatic heterocycles. The van der Waals surface area contributed by atoms with Crippen LogP contribution in [0.2, 0.25) is 0 Å². The fourth-order valence-corrected chi connectivity index (χ4v) is 3.93. The van der Waals surface area contributed by atoms with Gasteiger partial charge in [0.2, 0.25) is 0 Å². The Kier molecular flexibility index (Phi) is 4.42. The summed E-state index contributed by atoms with van der Waals surface area (Å²) in [5, 5.41) is 7.56. The van der Waals surface area contributed by atoms with Gasteiger partial charge in [-0.25, -0.2) is 9.97 Å². The topological polar surface area (TPSA) is 125 Å². The minimum atomic E-state index is -0.540. The first-order valence-corrected chi connectivity index (χ1v) is 7.84. The minimum absolute atomic E-state index is 0. The quantitative estimate of drug-likeness (QED) is 0.666. The maximum absolute atomic E-state index is 11.9. The molecule has 1 unspecified atom stereocenters. The van der Waals surface area contributed by atoms with Crippen molar-refractivity contribution in [1.29, 1.82) is 0 Å². The first-order valence-electron chi connectivity index (χ1n) is 7.84. The number of nitrogens with two attached hydrogens (primary N) is 2. The molecule has 0 spiro atoms. The summed E-state index contributed by atoms with van der Waals surface area (Å²) in [7, 11) is 0. The van der Waals surface area contributed by atoms with E-state index in [1.165, 1.54) is 11.1 Å². The van der Waals surface area contributed by atoms with Crippen LogP contribution in [0.25, 0.3) is 11.4 Å². The van der Waals surface area contributed by atoms with Gasteiger partial charge in [0.05, 0.1) is 5.69 Å². The van der Waals surface area contributed by atoms with E-state index < -0.39 is 5.91 Å². The van der Waals surface area contributed by atoms with Gasteiger partial charge < -0.3 is 16.9 Å². The lowest BCUT2D eigenvalue weighted by Crippen LogP contribution is -2.33. The first-order chi connectivity index (χ1) is 11.2. The number of aromatic nitrogens is 4. The van der Waals surface area contributed by atoms with Crippen molar-refractivity contribution in [3.63, 3.8) is 0 Å². The average Bonchev–Trinajstić information content (AvgIpc) is 2.93. The number of primary amides is 1. The molecule has 128 valence electrons. The second-order valence-corrected chi connectivity index (χ2v) is 6.21. The van der Waals surface area contributed by atoms with E-state index in [1.807, 2.05) is 6.20 Å². The van der Waals surface area contributed by atoms with Crippen molar-refractivity contribution in [2.24, 2.45) is 11.7 Å². The molecule has 3 heterocycles. The molecule has 1 amide bonds. The largest absolute Gasteiger partial charge is 0.364 e. The molecule has 0 radical (unpaired) electrons. The van der Waals surface area contributed by atoms with Gasteiger partial charge in [0, 0.05) is 11.8 Å². The van der Waals surface area contributed by atoms with Crippen molar-refractivity contribution in [3.8, 4) is 11.4 Å². The number of fused-ring (bicyclic) bond motifs is 3. The number of carbonyl (C=O) groups excluding carboxylic acids is 1. The summed E-state index contributed by atoms with van der Waals surface area (Å²) in [5.41, 5.74) is 9.18. The molecule has 0 aromatic carbocycles. The summed E-state index contributed by atoms with van der Waals surface area (Å²) in [6.45, 7) is 1.97. The summed E-state index contributed by atoms with van der Waals surface area (Å²) in [4.78, 5) is 21.6. The lowest BCUT2D eigenvalue weighted by Gasteiger charge is -2.34. The number of rotatable bonds is 2. The number of nitrogen functional groups attached to an aromatic ring is 1. The van der Waals surface area contributed by atoms with E-state index in [4.69, 9.17) is 11.6 Å². The summed E-state index contributed by atoms with van der Waals surface area (Å²) in [6, 6.07) is 0. The maximum Gasteiger partial charge on any atom is 0.269 e. The number of carbonyl (C=O) groups is 1. The highest BCUT2D eigenvalue weighted by Crippen LogP contribution is 2.44. The van der Waals surface area contributed by atoms with Crippen LogP contribution in [0.1, 0.15) is 40.4 Å². The van der Waals surface area contributed by atoms with Crippen LogP contribution < -0.4 is 16.9 Å². The van der Waals surface area contributed by atoms with Crippen molar-refractivity contribution < 1.29 is 4.79 Å². The van der Waals surface area contributed by atoms with Crippen molar-refractivity contribution in [2.75, 3.05) is 18.9 Å². The zero-order valence-electron chi connectivity index (χ0n) is 13.1. The molecule has 1 aliphatic heterocycles. The lowest BCUT2D eigenvalue weighted by atomic mass is 9.73. The van der Waals surface area contributed by atoms with Crippen LogP contribution in [0.15, 0.2) is 12.5 Å². The molecule has 4 rings (SSSR count). The van der Waals surface area contributed by atoms with Gasteiger partial charge in [-0.1, -0.05) is 0 Å². The van der Waals surface area contributed by atoms with Crippen LogP contribution in [0, 0.1) is 5.92 Å². The molecule has 0 saturated carbocycles. The molecular formula is C15H20ClN7O. The van der Waals surface area contributed by atoms with Crippen LogP contribution in [0.5, 0.6) is 0 Å². The molecule has 1 fully saturated rings. The second-order valence-electron chi connectivity index (χ2n) is 6.21. The van der Waals surface area contributed by atoms with E-state index >= 15 is 0 Å². The second kappa shape index (κ2) is 6.37. The number of amides is 1. The van der Waals surface area contributed by atoms with E-state index in [0.717, 1.165) is 49.2 Å². The lowest BCUT2D eigenvalue weighted by molar-refractivity contribution is 0.0993. The van der Waals surface area contributed by atoms with Crippen LogP contribution >= 0.6 is 12.4 Å². The number of hydrogen-bond acceptors (Lipinski definition) is 6. The van der Waals surface area contributed by atoms with Crippen molar-refractivity contribution in [1.82, 2.24) is 25.2 Å². The molecule has 1 atom stereocenters. The molecule has 24 heavy (non-hydrogen) atoms. The summed E-state index contributed by atoms with van der Waals surface area (Å²) < 4.78 is 0. The third kappa shape index (κ3) is 2.51. The van der Waals surface area contributed by atoms with Gasteiger partial charge in [0.1, 0.15) is 12.0 Å². The third-order valence-corrected chi connectivity index (χ3v) is 4.96. The normalized spacial score (nSPS) is 19.9. The Morgan fingerprint density at radius 1 is 1.33 bits per heavy atom. The van der Waals surface area contributed by atoms with Crippen molar-refractivity contribution >= 4 is 18.3 Å². The molecular weight excluding hydrogens is 330 g/mol. The number of nitrogens with one attached hydrogen (secondary N) is 1. The molecule has 1 saturated heterocycles. The maximum atomic E-state index is 11.9. The van der Waals surface area contributed by atoms with E-state index in [0.29, 0.717) is 11.6 Å². The Morgan fingerprint density at radius 3 is 2.79 bits per heavy atom. The van der Waals surface area contributed by atoms with Crippen LogP contribution in [0.4, 0.5) is 0 Å². The molecule has 2 aromatic rings. The van der Waals surface area contributed by atoms with Gasteiger partial charge in [-0.2, -0.15) is 4.79 Å². The van der Waals surface area contributed by atoms with Crippen LogP contribution in [-0.2, 0) is 6.42 Å². The first kappa shape index (κ1) is 16.7. The smallest absolute Gasteiger partial charge is 0.269 e. The summed E-state index contributed by atoms with van der Waals surface area (Å²) >= 11 is 0. The molecule has 9 heteroatoms. The Hall–Kier alpha value is -2.19. The summed E-state index contributed by atoms with van der Waals surface area (Å²) in [5.74, 6) is 6.13. The summed E-state index contributed by atoms with van der Waals surface area (Å²) in [6.07, 6.45) is 6.22. The van der Waals surface area contributed by atoms with E-state index in [-0.39, 0.29) is 24.0 Å². The Morgan fingerprint density at radius 2 is 2.08 bits per heavy atom. The van der Waals surface area contributed by atoms with Gasteiger partial charge in [0.25, 0.3) is 5.91 Å². The van der Waals surface area contributed by atoms with E-state index in [1.54, 1.807) is 0 Å². The molecule has 5 N–H and O–H groups in total. The monoisotopic (exact) mass is 349 g/mol. The van der Waals surface area contributed by atoms with E-state index in [9.17, 15) is 4.79 Å². The fourth-order valence-electron chi connectivity index (χ4n) is 3.93. The van der Waals surface area contributed by atoms with E-state index in [2.05, 4.69) is 20.4 Å². The van der Waals surface area contributed by atoms with Gasteiger partial charge in [-0.15, -0.1) is 17.5 Å². The average molecular weight is 350 g/mol. The highest BCUT2D eigenvalue weighted by atomic mass is 35.5. The predicted octanol–water partition coefficient (Wildman–Crippen LogP) is 0.214. The highest BCUT2D eigenvalue weighted by Gasteiger charge is 2.38. The molecule has 8 nitrogen and oxygen atoms in total. The van der Waals surface area contributed by atoms with Crippen molar-refractivity contribution in [3.05, 3.63) is 29.3 Å². The molecule has 2 aliphatic rings. The number of piperidine rings is 1. The molecule has 1 aliphatic carbocycles. The predicted molar refractivity (Wildman–Crippen MR) is 91.2 cm³/mol.